The van der Waals surface area contributed by atoms with E-state index in [9.17, 15) is 19.2 Å². The normalized spacial score (nSPS) is 16.0. The van der Waals surface area contributed by atoms with Crippen LogP contribution in [0.25, 0.3) is 0 Å². The van der Waals surface area contributed by atoms with E-state index in [4.69, 9.17) is 10.8 Å². The average molecular weight is 330 g/mol. The molecule has 9 heteroatoms. The van der Waals surface area contributed by atoms with Crippen LogP contribution in [0.4, 0.5) is 0 Å². The second-order valence-electron chi connectivity index (χ2n) is 5.82. The Bertz CT molecular complexity index is 464. The van der Waals surface area contributed by atoms with Crippen molar-refractivity contribution >= 4 is 23.7 Å². The fourth-order valence-corrected chi connectivity index (χ4v) is 1.59. The molecule has 0 fully saturated rings. The summed E-state index contributed by atoms with van der Waals surface area (Å²) in [4.78, 5) is 46.4. The molecule has 0 aromatic rings. The number of carbonyl (C=O) groups is 4. The molecule has 0 aliphatic rings. The Labute approximate surface area is 135 Å². The number of carbonyl (C=O) groups excluding carboxylic acids is 3. The quantitative estimate of drug-likeness (QED) is 0.368. The Balaban J connectivity index is 4.81. The highest BCUT2D eigenvalue weighted by Crippen LogP contribution is 2.03. The summed E-state index contributed by atoms with van der Waals surface area (Å²) in [6.07, 6.45) is 0. The molecule has 4 atom stereocenters. The number of hydrogen-bond acceptors (Lipinski definition) is 5. The molecule has 0 unspecified atom stereocenters. The monoisotopic (exact) mass is 330 g/mol. The van der Waals surface area contributed by atoms with Gasteiger partial charge in [0, 0.05) is 0 Å². The van der Waals surface area contributed by atoms with Gasteiger partial charge in [-0.2, -0.15) is 0 Å². The van der Waals surface area contributed by atoms with E-state index in [0.29, 0.717) is 0 Å². The largest absolute Gasteiger partial charge is 0.480 e. The van der Waals surface area contributed by atoms with Gasteiger partial charge in [0.05, 0.1) is 6.04 Å². The Morgan fingerprint density at radius 3 is 1.65 bits per heavy atom. The molecule has 0 bridgehead atoms. The van der Waals surface area contributed by atoms with E-state index in [1.807, 2.05) is 0 Å². The summed E-state index contributed by atoms with van der Waals surface area (Å²) in [6.45, 7) is 7.69. The summed E-state index contributed by atoms with van der Waals surface area (Å²) in [7, 11) is 0. The van der Waals surface area contributed by atoms with Gasteiger partial charge in [0.2, 0.25) is 17.7 Å². The first-order valence-electron chi connectivity index (χ1n) is 7.36. The number of carboxylic acids is 1. The summed E-state index contributed by atoms with van der Waals surface area (Å²) in [5, 5.41) is 16.0. The minimum atomic E-state index is -1.18. The van der Waals surface area contributed by atoms with Gasteiger partial charge in [-0.3, -0.25) is 19.2 Å². The Morgan fingerprint density at radius 2 is 1.26 bits per heavy atom. The van der Waals surface area contributed by atoms with Gasteiger partial charge in [0.1, 0.15) is 18.1 Å². The zero-order valence-electron chi connectivity index (χ0n) is 14.0. The van der Waals surface area contributed by atoms with Crippen LogP contribution in [0.1, 0.15) is 34.6 Å². The first-order chi connectivity index (χ1) is 10.5. The van der Waals surface area contributed by atoms with E-state index in [1.165, 1.54) is 20.8 Å². The molecule has 0 aliphatic heterocycles. The van der Waals surface area contributed by atoms with Crippen LogP contribution in [0.3, 0.4) is 0 Å². The SMILES string of the molecule is CC(C)[C@H](NC(=O)[C@H](C)NC(=O)[C@H](C)N)C(=O)N[C@@H](C)C(=O)O. The smallest absolute Gasteiger partial charge is 0.325 e. The van der Waals surface area contributed by atoms with Crippen LogP contribution in [-0.4, -0.2) is 53.0 Å². The first kappa shape index (κ1) is 20.8. The molecular weight excluding hydrogens is 304 g/mol. The minimum Gasteiger partial charge on any atom is -0.480 e. The van der Waals surface area contributed by atoms with Crippen molar-refractivity contribution in [3.63, 3.8) is 0 Å². The zero-order valence-corrected chi connectivity index (χ0v) is 14.0. The van der Waals surface area contributed by atoms with E-state index >= 15 is 0 Å². The summed E-state index contributed by atoms with van der Waals surface area (Å²) < 4.78 is 0. The van der Waals surface area contributed by atoms with Gasteiger partial charge in [-0.25, -0.2) is 0 Å². The fraction of sp³-hybridized carbons (Fsp3) is 0.714. The second kappa shape index (κ2) is 9.09. The number of carboxylic acid groups (broad SMARTS) is 1. The van der Waals surface area contributed by atoms with Crippen molar-refractivity contribution < 1.29 is 24.3 Å². The van der Waals surface area contributed by atoms with Crippen molar-refractivity contribution in [2.45, 2.75) is 58.8 Å². The Hall–Kier alpha value is -2.16. The number of rotatable bonds is 8. The maximum absolute atomic E-state index is 12.1. The van der Waals surface area contributed by atoms with Crippen LogP contribution in [-0.2, 0) is 19.2 Å². The maximum atomic E-state index is 12.1. The van der Waals surface area contributed by atoms with Gasteiger partial charge < -0.3 is 26.8 Å². The molecule has 0 heterocycles. The third kappa shape index (κ3) is 7.09. The number of amides is 3. The zero-order chi connectivity index (χ0) is 18.3. The van der Waals surface area contributed by atoms with Crippen molar-refractivity contribution in [2.24, 2.45) is 11.7 Å². The molecule has 132 valence electrons. The van der Waals surface area contributed by atoms with Gasteiger partial charge in [-0.15, -0.1) is 0 Å². The molecule has 0 spiro atoms. The average Bonchev–Trinajstić information content (AvgIpc) is 2.43. The highest BCUT2D eigenvalue weighted by atomic mass is 16.4. The van der Waals surface area contributed by atoms with Gasteiger partial charge in [-0.05, 0) is 26.7 Å². The van der Waals surface area contributed by atoms with Gasteiger partial charge in [0.15, 0.2) is 0 Å². The lowest BCUT2D eigenvalue weighted by Gasteiger charge is -2.25. The van der Waals surface area contributed by atoms with E-state index in [1.54, 1.807) is 13.8 Å². The lowest BCUT2D eigenvalue weighted by Crippen LogP contribution is -2.57. The molecule has 6 N–H and O–H groups in total. The fourth-order valence-electron chi connectivity index (χ4n) is 1.59. The third-order valence-electron chi connectivity index (χ3n) is 3.14. The van der Waals surface area contributed by atoms with Gasteiger partial charge in [-0.1, -0.05) is 13.8 Å². The summed E-state index contributed by atoms with van der Waals surface area (Å²) in [5.41, 5.74) is 5.40. The summed E-state index contributed by atoms with van der Waals surface area (Å²) in [6, 6.07) is -3.62. The number of nitrogens with two attached hydrogens (primary N) is 1. The Morgan fingerprint density at radius 1 is 0.783 bits per heavy atom. The molecule has 0 saturated carbocycles. The molecular formula is C14H26N4O5. The van der Waals surface area contributed by atoms with Crippen LogP contribution in [0.15, 0.2) is 0 Å². The van der Waals surface area contributed by atoms with Crippen molar-refractivity contribution in [1.82, 2.24) is 16.0 Å². The van der Waals surface area contributed by atoms with Crippen molar-refractivity contribution in [1.29, 1.82) is 0 Å². The molecule has 0 aliphatic carbocycles. The lowest BCUT2D eigenvalue weighted by molar-refractivity contribution is -0.142. The van der Waals surface area contributed by atoms with Gasteiger partial charge in [0.25, 0.3) is 0 Å². The summed E-state index contributed by atoms with van der Waals surface area (Å²) >= 11 is 0. The molecule has 3 amide bonds. The highest BCUT2D eigenvalue weighted by molar-refractivity contribution is 5.93. The maximum Gasteiger partial charge on any atom is 0.325 e. The number of aliphatic carboxylic acids is 1. The molecule has 0 rings (SSSR count). The van der Waals surface area contributed by atoms with Crippen molar-refractivity contribution in [3.8, 4) is 0 Å². The van der Waals surface area contributed by atoms with E-state index in [2.05, 4.69) is 16.0 Å². The second-order valence-corrected chi connectivity index (χ2v) is 5.82. The predicted molar refractivity (Wildman–Crippen MR) is 83.3 cm³/mol. The highest BCUT2D eigenvalue weighted by Gasteiger charge is 2.28. The van der Waals surface area contributed by atoms with E-state index < -0.39 is 47.9 Å². The van der Waals surface area contributed by atoms with E-state index in [0.717, 1.165) is 0 Å². The lowest BCUT2D eigenvalue weighted by atomic mass is 10.0. The van der Waals surface area contributed by atoms with Crippen molar-refractivity contribution in [3.05, 3.63) is 0 Å². The number of nitrogens with one attached hydrogen (secondary N) is 3. The molecule has 0 saturated heterocycles. The standard InChI is InChI=1S/C14H26N4O5/c1-6(2)10(13(21)17-9(5)14(22)23)18-12(20)8(4)16-11(19)7(3)15/h6-10H,15H2,1-5H3,(H,16,19)(H,17,21)(H,18,20)(H,22,23)/t7-,8-,9-,10-/m0/s1. The molecule has 0 radical (unpaired) electrons. The minimum absolute atomic E-state index is 0.267. The van der Waals surface area contributed by atoms with Crippen LogP contribution >= 0.6 is 0 Å². The third-order valence-corrected chi connectivity index (χ3v) is 3.14. The van der Waals surface area contributed by atoms with Crippen molar-refractivity contribution in [2.75, 3.05) is 0 Å². The Kier molecular flexibility index (Phi) is 8.23. The number of hydrogen-bond donors (Lipinski definition) is 5. The van der Waals surface area contributed by atoms with Crippen LogP contribution < -0.4 is 21.7 Å². The molecule has 0 aromatic carbocycles. The van der Waals surface area contributed by atoms with Gasteiger partial charge >= 0.3 is 5.97 Å². The molecule has 9 nitrogen and oxygen atoms in total. The topological polar surface area (TPSA) is 151 Å². The molecule has 23 heavy (non-hydrogen) atoms. The predicted octanol–water partition coefficient (Wildman–Crippen LogP) is -1.43. The first-order valence-corrected chi connectivity index (χ1v) is 7.36. The van der Waals surface area contributed by atoms with Crippen LogP contribution in [0.5, 0.6) is 0 Å². The molecule has 0 aromatic heterocycles. The van der Waals surface area contributed by atoms with Crippen LogP contribution in [0.2, 0.25) is 0 Å². The summed E-state index contributed by atoms with van der Waals surface area (Å²) in [5.74, 6) is -3.09. The van der Waals surface area contributed by atoms with Crippen LogP contribution in [0, 0.1) is 5.92 Å². The van der Waals surface area contributed by atoms with E-state index in [-0.39, 0.29) is 5.92 Å².